The second kappa shape index (κ2) is 3.34. The van der Waals surface area contributed by atoms with Gasteiger partial charge in [-0.15, -0.1) is 0 Å². The predicted molar refractivity (Wildman–Crippen MR) is 41.1 cm³/mol. The van der Waals surface area contributed by atoms with Crippen molar-refractivity contribution in [3.05, 3.63) is 35.4 Å². The quantitative estimate of drug-likeness (QED) is 0.644. The van der Waals surface area contributed by atoms with Gasteiger partial charge in [-0.05, 0) is 11.1 Å². The first-order valence-electron chi connectivity index (χ1n) is 3.29. The Kier molecular flexibility index (Phi) is 2.42. The third-order valence-corrected chi connectivity index (χ3v) is 1.46. The normalized spacial score (nSPS) is 9.80. The summed E-state index contributed by atoms with van der Waals surface area (Å²) in [5, 5.41) is 0. The lowest BCUT2D eigenvalue weighted by Gasteiger charge is -1.97. The van der Waals surface area contributed by atoms with E-state index in [-0.39, 0.29) is 0 Å². The van der Waals surface area contributed by atoms with Crippen LogP contribution in [0.5, 0.6) is 0 Å². The average Bonchev–Trinajstić information content (AvgIpc) is 2.05. The molecule has 0 bridgehead atoms. The molecule has 1 rings (SSSR count). The molecule has 53 valence electrons. The Balaban J connectivity index is 2.80. The van der Waals surface area contributed by atoms with Gasteiger partial charge >= 0.3 is 0 Å². The topological polar surface area (TPSA) is 49.8 Å². The minimum Gasteiger partial charge on any atom is -0.326 e. The van der Waals surface area contributed by atoms with Crippen molar-refractivity contribution in [3.8, 4) is 0 Å². The van der Waals surface area contributed by atoms with Crippen molar-refractivity contribution in [2.24, 2.45) is 5.73 Å². The number of hydrogen-bond acceptors (Lipinski definition) is 1. The minimum absolute atomic E-state index is 0.352. The lowest BCUT2D eigenvalue weighted by atomic mass is 10.1. The summed E-state index contributed by atoms with van der Waals surface area (Å²) in [6, 6.07) is 7.80. The number of nitrogens with two attached hydrogens (primary N) is 1. The lowest BCUT2D eigenvalue weighted by Crippen LogP contribution is -1.95. The molecule has 0 atom stereocenters. The zero-order valence-electron chi connectivity index (χ0n) is 5.80. The first kappa shape index (κ1) is 7.25. The second-order valence-corrected chi connectivity index (χ2v) is 2.20. The molecule has 1 radical (unpaired) electrons. The van der Waals surface area contributed by atoms with Gasteiger partial charge in [0, 0.05) is 13.1 Å². The third kappa shape index (κ3) is 1.56. The fourth-order valence-electron chi connectivity index (χ4n) is 0.793. The van der Waals surface area contributed by atoms with Crippen molar-refractivity contribution in [2.45, 2.75) is 13.1 Å². The van der Waals surface area contributed by atoms with Gasteiger partial charge in [0.25, 0.3) is 0 Å². The Hall–Kier alpha value is -0.860. The maximum atomic E-state index is 7.04. The van der Waals surface area contributed by atoms with Crippen LogP contribution in [0.4, 0.5) is 0 Å². The predicted octanol–water partition coefficient (Wildman–Crippen LogP) is 0.928. The van der Waals surface area contributed by atoms with E-state index in [1.807, 2.05) is 24.3 Å². The highest BCUT2D eigenvalue weighted by Gasteiger charge is 1.88. The highest BCUT2D eigenvalue weighted by atomic mass is 14.5. The van der Waals surface area contributed by atoms with Crippen molar-refractivity contribution in [3.63, 3.8) is 0 Å². The van der Waals surface area contributed by atoms with E-state index in [0.29, 0.717) is 13.1 Å². The van der Waals surface area contributed by atoms with Gasteiger partial charge in [-0.2, -0.15) is 0 Å². The summed E-state index contributed by atoms with van der Waals surface area (Å²) < 4.78 is 0. The van der Waals surface area contributed by atoms with Crippen molar-refractivity contribution >= 4 is 0 Å². The summed E-state index contributed by atoms with van der Waals surface area (Å²) in [6.07, 6.45) is 0. The molecule has 0 amide bonds. The molecular weight excluding hydrogens is 124 g/mol. The Morgan fingerprint density at radius 2 is 1.60 bits per heavy atom. The Morgan fingerprint density at radius 3 is 2.00 bits per heavy atom. The van der Waals surface area contributed by atoms with E-state index in [2.05, 4.69) is 0 Å². The molecule has 0 saturated carbocycles. The minimum atomic E-state index is 0.352. The van der Waals surface area contributed by atoms with Crippen LogP contribution in [-0.4, -0.2) is 0 Å². The summed E-state index contributed by atoms with van der Waals surface area (Å²) in [7, 11) is 0. The molecule has 3 N–H and O–H groups in total. The van der Waals surface area contributed by atoms with Crippen LogP contribution >= 0.6 is 0 Å². The van der Waals surface area contributed by atoms with Crippen LogP contribution in [0.1, 0.15) is 11.1 Å². The van der Waals surface area contributed by atoms with Crippen LogP contribution in [0.3, 0.4) is 0 Å². The summed E-state index contributed by atoms with van der Waals surface area (Å²) in [5.41, 5.74) is 14.6. The fraction of sp³-hybridized carbons (Fsp3) is 0.250. The first-order chi connectivity index (χ1) is 4.86. The largest absolute Gasteiger partial charge is 0.326 e. The third-order valence-electron chi connectivity index (χ3n) is 1.46. The molecule has 0 spiro atoms. The molecule has 10 heavy (non-hydrogen) atoms. The summed E-state index contributed by atoms with van der Waals surface area (Å²) >= 11 is 0. The van der Waals surface area contributed by atoms with Crippen molar-refractivity contribution in [1.29, 1.82) is 0 Å². The molecule has 0 aliphatic heterocycles. The monoisotopic (exact) mass is 135 g/mol. The first-order valence-corrected chi connectivity index (χ1v) is 3.29. The highest BCUT2D eigenvalue weighted by Crippen LogP contribution is 2.02. The van der Waals surface area contributed by atoms with Gasteiger partial charge in [-0.25, -0.2) is 0 Å². The van der Waals surface area contributed by atoms with Crippen LogP contribution < -0.4 is 11.5 Å². The van der Waals surface area contributed by atoms with E-state index in [1.54, 1.807) is 0 Å². The van der Waals surface area contributed by atoms with Gasteiger partial charge < -0.3 is 5.73 Å². The molecule has 0 fully saturated rings. The van der Waals surface area contributed by atoms with E-state index in [0.717, 1.165) is 11.1 Å². The van der Waals surface area contributed by atoms with Gasteiger partial charge in [0.05, 0.1) is 0 Å². The van der Waals surface area contributed by atoms with Crippen LogP contribution in [-0.2, 0) is 13.1 Å². The Morgan fingerprint density at radius 1 is 1.10 bits per heavy atom. The van der Waals surface area contributed by atoms with Gasteiger partial charge in [0.1, 0.15) is 0 Å². The molecule has 1 aromatic rings. The number of hydrogen-bond donors (Lipinski definition) is 1. The molecule has 2 nitrogen and oxygen atoms in total. The molecule has 0 aromatic heterocycles. The van der Waals surface area contributed by atoms with Gasteiger partial charge in [-0.3, -0.25) is 5.73 Å². The Bertz CT molecular complexity index is 168. The molecule has 0 aliphatic carbocycles. The molecule has 0 aliphatic rings. The number of benzene rings is 1. The van der Waals surface area contributed by atoms with Crippen molar-refractivity contribution in [1.82, 2.24) is 5.73 Å². The summed E-state index contributed by atoms with van der Waals surface area (Å²) in [4.78, 5) is 0. The zero-order chi connectivity index (χ0) is 7.40. The van der Waals surface area contributed by atoms with Gasteiger partial charge in [0.2, 0.25) is 0 Å². The number of rotatable bonds is 2. The number of nitrogens with one attached hydrogen (secondary N) is 1. The average molecular weight is 135 g/mol. The second-order valence-electron chi connectivity index (χ2n) is 2.20. The standard InChI is InChI=1S/C8H11N2/c9-5-7-1-2-8(6-10)4-3-7/h1-4,9H,5-6,10H2. The fourth-order valence-corrected chi connectivity index (χ4v) is 0.793. The van der Waals surface area contributed by atoms with E-state index in [1.165, 1.54) is 0 Å². The summed E-state index contributed by atoms with van der Waals surface area (Å²) in [5.74, 6) is 0. The van der Waals surface area contributed by atoms with Crippen LogP contribution in [0.2, 0.25) is 0 Å². The van der Waals surface area contributed by atoms with E-state index in [4.69, 9.17) is 11.5 Å². The maximum Gasteiger partial charge on any atom is 0.0351 e. The van der Waals surface area contributed by atoms with E-state index >= 15 is 0 Å². The maximum absolute atomic E-state index is 7.04. The van der Waals surface area contributed by atoms with Crippen LogP contribution in [0.15, 0.2) is 24.3 Å². The molecule has 2 heteroatoms. The smallest absolute Gasteiger partial charge is 0.0351 e. The van der Waals surface area contributed by atoms with Crippen molar-refractivity contribution < 1.29 is 0 Å². The SMILES string of the molecule is [NH]Cc1ccc(CN)cc1. The van der Waals surface area contributed by atoms with Crippen molar-refractivity contribution in [2.75, 3.05) is 0 Å². The molecule has 0 heterocycles. The van der Waals surface area contributed by atoms with E-state index in [9.17, 15) is 0 Å². The van der Waals surface area contributed by atoms with E-state index < -0.39 is 0 Å². The Labute approximate surface area is 60.8 Å². The molecule has 0 unspecified atom stereocenters. The van der Waals surface area contributed by atoms with Crippen LogP contribution in [0.25, 0.3) is 0 Å². The zero-order valence-corrected chi connectivity index (χ0v) is 5.80. The highest BCUT2D eigenvalue weighted by molar-refractivity contribution is 5.21. The van der Waals surface area contributed by atoms with Gasteiger partial charge in [0.15, 0.2) is 0 Å². The molecular formula is C8H11N2. The summed E-state index contributed by atoms with van der Waals surface area (Å²) in [6.45, 7) is 0.934. The van der Waals surface area contributed by atoms with Crippen LogP contribution in [0, 0.1) is 0 Å². The molecule has 1 aromatic carbocycles. The lowest BCUT2D eigenvalue weighted by molar-refractivity contribution is 1.01. The molecule has 0 saturated heterocycles. The van der Waals surface area contributed by atoms with Gasteiger partial charge in [-0.1, -0.05) is 24.3 Å².